The van der Waals surface area contributed by atoms with Crippen molar-refractivity contribution in [1.29, 1.82) is 0 Å². The number of nitrogens with zero attached hydrogens (tertiary/aromatic N) is 1. The second kappa shape index (κ2) is 7.08. The minimum absolute atomic E-state index is 0. The van der Waals surface area contributed by atoms with Gasteiger partial charge in [-0.1, -0.05) is 0 Å². The van der Waals surface area contributed by atoms with E-state index in [2.05, 4.69) is 10.7 Å². The van der Waals surface area contributed by atoms with Gasteiger partial charge in [-0.15, -0.1) is 12.4 Å². The number of aryl methyl sites for hydroxylation is 2. The average molecular weight is 179 g/mol. The van der Waals surface area contributed by atoms with Crippen LogP contribution in [0.5, 0.6) is 0 Å². The third-order valence-electron chi connectivity index (χ3n) is 0.734. The van der Waals surface area contributed by atoms with E-state index in [1.807, 2.05) is 13.8 Å². The number of halogens is 1. The molecule has 1 heterocycles. The first-order chi connectivity index (χ1) is 4.70. The highest BCUT2D eigenvalue weighted by Gasteiger charge is 1.87. The van der Waals surface area contributed by atoms with Crippen molar-refractivity contribution in [2.45, 2.75) is 13.8 Å². The fourth-order valence-corrected chi connectivity index (χ4v) is 0.472. The zero-order chi connectivity index (χ0) is 7.98. The first kappa shape index (κ1) is 12.6. The summed E-state index contributed by atoms with van der Waals surface area (Å²) in [7, 11) is 0. The van der Waals surface area contributed by atoms with Gasteiger partial charge in [-0.05, 0) is 6.92 Å². The quantitative estimate of drug-likeness (QED) is 0.598. The van der Waals surface area contributed by atoms with E-state index in [4.69, 9.17) is 9.21 Å². The Morgan fingerprint density at radius 3 is 2.18 bits per heavy atom. The van der Waals surface area contributed by atoms with E-state index in [1.165, 1.54) is 0 Å². The Morgan fingerprint density at radius 1 is 1.64 bits per heavy atom. The van der Waals surface area contributed by atoms with Gasteiger partial charge in [0.1, 0.15) is 6.26 Å². The number of rotatable bonds is 0. The molecule has 0 radical (unpaired) electrons. The maximum absolute atomic E-state index is 8.58. The second-order valence-corrected chi connectivity index (χ2v) is 1.64. The SMILES string of the molecule is Cc1coc(C)n1.Cl.NC=O. The van der Waals surface area contributed by atoms with Crippen molar-refractivity contribution >= 4 is 18.8 Å². The van der Waals surface area contributed by atoms with Crippen molar-refractivity contribution in [3.63, 3.8) is 0 Å². The normalized spacial score (nSPS) is 7.09. The molecule has 2 N–H and O–H groups in total. The largest absolute Gasteiger partial charge is 0.449 e. The van der Waals surface area contributed by atoms with Crippen molar-refractivity contribution in [3.05, 3.63) is 17.8 Å². The summed E-state index contributed by atoms with van der Waals surface area (Å²) in [5.74, 6) is 0.734. The van der Waals surface area contributed by atoms with E-state index in [0.29, 0.717) is 0 Å². The van der Waals surface area contributed by atoms with E-state index in [-0.39, 0.29) is 18.8 Å². The molecule has 0 aromatic carbocycles. The zero-order valence-corrected chi connectivity index (χ0v) is 7.22. The van der Waals surface area contributed by atoms with Crippen molar-refractivity contribution in [2.24, 2.45) is 5.73 Å². The summed E-state index contributed by atoms with van der Waals surface area (Å²) < 4.78 is 4.85. The number of hydrogen-bond donors (Lipinski definition) is 1. The smallest absolute Gasteiger partial charge is 0.204 e. The van der Waals surface area contributed by atoms with Gasteiger partial charge in [-0.3, -0.25) is 4.79 Å². The van der Waals surface area contributed by atoms with E-state index >= 15 is 0 Å². The molecular weight excluding hydrogens is 168 g/mol. The van der Waals surface area contributed by atoms with Crippen LogP contribution in [-0.2, 0) is 4.79 Å². The Bertz CT molecular complexity index is 184. The topological polar surface area (TPSA) is 69.1 Å². The molecule has 0 aliphatic heterocycles. The predicted octanol–water partition coefficient (Wildman–Crippen LogP) is 0.815. The summed E-state index contributed by atoms with van der Waals surface area (Å²) in [5.41, 5.74) is 5.11. The highest BCUT2D eigenvalue weighted by atomic mass is 35.5. The summed E-state index contributed by atoms with van der Waals surface area (Å²) in [4.78, 5) is 12.5. The number of primary amides is 1. The van der Waals surface area contributed by atoms with Crippen LogP contribution in [0, 0.1) is 13.8 Å². The molecule has 0 saturated heterocycles. The molecule has 0 saturated carbocycles. The lowest BCUT2D eigenvalue weighted by atomic mass is 10.6. The second-order valence-electron chi connectivity index (χ2n) is 1.64. The lowest BCUT2D eigenvalue weighted by Crippen LogP contribution is -1.82. The first-order valence-corrected chi connectivity index (χ1v) is 2.74. The molecule has 1 aromatic rings. The third-order valence-corrected chi connectivity index (χ3v) is 0.734. The van der Waals surface area contributed by atoms with Gasteiger partial charge < -0.3 is 10.2 Å². The number of amides is 1. The highest BCUT2D eigenvalue weighted by Crippen LogP contribution is 1.95. The molecule has 1 amide bonds. The maximum Gasteiger partial charge on any atom is 0.204 e. The van der Waals surface area contributed by atoms with Crippen LogP contribution < -0.4 is 5.73 Å². The maximum atomic E-state index is 8.58. The van der Waals surface area contributed by atoms with Crippen LogP contribution in [-0.4, -0.2) is 11.4 Å². The van der Waals surface area contributed by atoms with Crippen LogP contribution in [0.1, 0.15) is 11.6 Å². The molecule has 1 aromatic heterocycles. The van der Waals surface area contributed by atoms with Crippen LogP contribution >= 0.6 is 12.4 Å². The average Bonchev–Trinajstić information content (AvgIpc) is 2.17. The Balaban J connectivity index is 0. The Morgan fingerprint density at radius 2 is 2.09 bits per heavy atom. The molecule has 0 aliphatic rings. The summed E-state index contributed by atoms with van der Waals surface area (Å²) >= 11 is 0. The number of carbonyl (C=O) groups excluding carboxylic acids is 1. The van der Waals surface area contributed by atoms with E-state index in [9.17, 15) is 0 Å². The van der Waals surface area contributed by atoms with Crippen molar-refractivity contribution < 1.29 is 9.21 Å². The summed E-state index contributed by atoms with van der Waals surface area (Å²) in [6.45, 7) is 3.73. The number of nitrogens with two attached hydrogens (primary N) is 1. The van der Waals surface area contributed by atoms with Gasteiger partial charge in [0.05, 0.1) is 5.69 Å². The molecular formula is C6H11ClN2O2. The standard InChI is InChI=1S/C5H7NO.CH3NO.ClH/c1-4-3-7-5(2)6-4;2-1-3;/h3H,1-2H3;1H,(H2,2,3);1H. The zero-order valence-electron chi connectivity index (χ0n) is 6.40. The highest BCUT2D eigenvalue weighted by molar-refractivity contribution is 5.85. The van der Waals surface area contributed by atoms with Gasteiger partial charge in [-0.25, -0.2) is 4.98 Å². The number of hydrogen-bond acceptors (Lipinski definition) is 3. The number of aromatic nitrogens is 1. The molecule has 0 aliphatic carbocycles. The molecule has 0 spiro atoms. The Labute approximate surface area is 71.2 Å². The summed E-state index contributed by atoms with van der Waals surface area (Å²) in [5, 5.41) is 0. The number of carbonyl (C=O) groups is 1. The molecule has 0 unspecified atom stereocenters. The fourth-order valence-electron chi connectivity index (χ4n) is 0.472. The van der Waals surface area contributed by atoms with E-state index < -0.39 is 0 Å². The minimum atomic E-state index is 0. The van der Waals surface area contributed by atoms with Crippen LogP contribution in [0.2, 0.25) is 0 Å². The molecule has 64 valence electrons. The number of oxazole rings is 1. The minimum Gasteiger partial charge on any atom is -0.449 e. The van der Waals surface area contributed by atoms with Crippen LogP contribution in [0.25, 0.3) is 0 Å². The first-order valence-electron chi connectivity index (χ1n) is 2.74. The lowest BCUT2D eigenvalue weighted by molar-refractivity contribution is -0.106. The van der Waals surface area contributed by atoms with Crippen molar-refractivity contribution in [2.75, 3.05) is 0 Å². The summed E-state index contributed by atoms with van der Waals surface area (Å²) in [6.07, 6.45) is 1.88. The molecule has 4 nitrogen and oxygen atoms in total. The van der Waals surface area contributed by atoms with Gasteiger partial charge in [0.15, 0.2) is 5.89 Å². The molecule has 5 heteroatoms. The molecule has 0 bridgehead atoms. The molecule has 0 atom stereocenters. The van der Waals surface area contributed by atoms with Gasteiger partial charge in [0, 0.05) is 6.92 Å². The van der Waals surface area contributed by atoms with Crippen LogP contribution in [0.3, 0.4) is 0 Å². The van der Waals surface area contributed by atoms with E-state index in [1.54, 1.807) is 6.26 Å². The van der Waals surface area contributed by atoms with Crippen LogP contribution in [0.15, 0.2) is 10.7 Å². The van der Waals surface area contributed by atoms with Gasteiger partial charge >= 0.3 is 0 Å². The lowest BCUT2D eigenvalue weighted by Gasteiger charge is -1.68. The Kier molecular flexibility index (Phi) is 8.13. The Hall–Kier alpha value is -1.03. The van der Waals surface area contributed by atoms with Gasteiger partial charge in [0.25, 0.3) is 0 Å². The third kappa shape index (κ3) is 6.86. The van der Waals surface area contributed by atoms with E-state index in [0.717, 1.165) is 11.6 Å². The molecule has 11 heavy (non-hydrogen) atoms. The van der Waals surface area contributed by atoms with Crippen molar-refractivity contribution in [3.8, 4) is 0 Å². The molecule has 1 rings (SSSR count). The molecule has 0 fully saturated rings. The monoisotopic (exact) mass is 178 g/mol. The van der Waals surface area contributed by atoms with Gasteiger partial charge in [0.2, 0.25) is 6.41 Å². The summed E-state index contributed by atoms with van der Waals surface area (Å²) in [6, 6.07) is 0. The fraction of sp³-hybridized carbons (Fsp3) is 0.333. The predicted molar refractivity (Wildman–Crippen MR) is 43.5 cm³/mol. The van der Waals surface area contributed by atoms with Crippen LogP contribution in [0.4, 0.5) is 0 Å². The van der Waals surface area contributed by atoms with Crippen molar-refractivity contribution in [1.82, 2.24) is 4.98 Å². The van der Waals surface area contributed by atoms with Gasteiger partial charge in [-0.2, -0.15) is 0 Å².